The van der Waals surface area contributed by atoms with E-state index >= 15 is 0 Å². The lowest BCUT2D eigenvalue weighted by molar-refractivity contribution is -0.119. The van der Waals surface area contributed by atoms with Gasteiger partial charge in [0.1, 0.15) is 11.3 Å². The van der Waals surface area contributed by atoms with Gasteiger partial charge in [-0.2, -0.15) is 0 Å². The largest absolute Gasteiger partial charge is 0.452 e. The lowest BCUT2D eigenvalue weighted by Crippen LogP contribution is -2.22. The van der Waals surface area contributed by atoms with Gasteiger partial charge in [-0.1, -0.05) is 0 Å². The van der Waals surface area contributed by atoms with Crippen molar-refractivity contribution in [2.75, 3.05) is 11.9 Å². The molecule has 0 unspecified atom stereocenters. The SMILES string of the molecule is CC(=O)c1ccc(NC(=O)COC(=O)c2c(C)cc(=O)oc2C)cc1. The first-order valence-electron chi connectivity index (χ1n) is 7.47. The molecule has 1 aromatic heterocycles. The van der Waals surface area contributed by atoms with Crippen LogP contribution in [0.25, 0.3) is 0 Å². The van der Waals surface area contributed by atoms with E-state index in [1.807, 2.05) is 0 Å². The van der Waals surface area contributed by atoms with Gasteiger partial charge in [0.05, 0.1) is 0 Å². The van der Waals surface area contributed by atoms with Gasteiger partial charge in [0, 0.05) is 17.3 Å². The molecule has 7 nitrogen and oxygen atoms in total. The first-order valence-corrected chi connectivity index (χ1v) is 7.47. The van der Waals surface area contributed by atoms with Crippen LogP contribution in [0.2, 0.25) is 0 Å². The zero-order chi connectivity index (χ0) is 18.6. The van der Waals surface area contributed by atoms with Crippen LogP contribution in [0.3, 0.4) is 0 Å². The fourth-order valence-electron chi connectivity index (χ4n) is 2.25. The number of ether oxygens (including phenoxy) is 1. The van der Waals surface area contributed by atoms with Crippen molar-refractivity contribution in [2.45, 2.75) is 20.8 Å². The number of hydrogen-bond donors (Lipinski definition) is 1. The maximum absolute atomic E-state index is 12.1. The minimum Gasteiger partial charge on any atom is -0.452 e. The second kappa shape index (κ2) is 7.57. The van der Waals surface area contributed by atoms with Crippen molar-refractivity contribution >= 4 is 23.3 Å². The number of carbonyl (C=O) groups is 3. The van der Waals surface area contributed by atoms with E-state index in [4.69, 9.17) is 9.15 Å². The molecule has 7 heteroatoms. The number of amides is 1. The van der Waals surface area contributed by atoms with E-state index in [1.54, 1.807) is 31.2 Å². The second-order valence-corrected chi connectivity index (χ2v) is 5.44. The monoisotopic (exact) mass is 343 g/mol. The average molecular weight is 343 g/mol. The van der Waals surface area contributed by atoms with Gasteiger partial charge in [0.25, 0.3) is 5.91 Å². The van der Waals surface area contributed by atoms with Crippen LogP contribution in [0.5, 0.6) is 0 Å². The summed E-state index contributed by atoms with van der Waals surface area (Å²) in [6.45, 7) is 4.01. The number of nitrogens with one attached hydrogen (secondary N) is 1. The first-order chi connectivity index (χ1) is 11.8. The van der Waals surface area contributed by atoms with Gasteiger partial charge in [-0.3, -0.25) is 9.59 Å². The molecule has 0 fully saturated rings. The summed E-state index contributed by atoms with van der Waals surface area (Å²) in [5, 5.41) is 2.55. The highest BCUT2D eigenvalue weighted by Crippen LogP contribution is 2.13. The number of hydrogen-bond acceptors (Lipinski definition) is 6. The van der Waals surface area contributed by atoms with Gasteiger partial charge >= 0.3 is 11.6 Å². The predicted molar refractivity (Wildman–Crippen MR) is 89.8 cm³/mol. The molecular weight excluding hydrogens is 326 g/mol. The zero-order valence-electron chi connectivity index (χ0n) is 14.0. The number of anilines is 1. The van der Waals surface area contributed by atoms with Crippen LogP contribution in [-0.2, 0) is 9.53 Å². The van der Waals surface area contributed by atoms with Crippen LogP contribution in [0, 0.1) is 13.8 Å². The predicted octanol–water partition coefficient (Wildman–Crippen LogP) is 2.25. The van der Waals surface area contributed by atoms with E-state index in [0.29, 0.717) is 16.8 Å². The molecule has 0 radical (unpaired) electrons. The van der Waals surface area contributed by atoms with Gasteiger partial charge in [0.2, 0.25) is 0 Å². The standard InChI is InChI=1S/C18H17NO6/c1-10-8-16(22)25-12(3)17(10)18(23)24-9-15(21)19-14-6-4-13(5-7-14)11(2)20/h4-8H,9H2,1-3H3,(H,19,21). The van der Waals surface area contributed by atoms with Crippen molar-refractivity contribution in [3.05, 3.63) is 63.2 Å². The van der Waals surface area contributed by atoms with E-state index in [2.05, 4.69) is 5.32 Å². The van der Waals surface area contributed by atoms with Crippen LogP contribution >= 0.6 is 0 Å². The summed E-state index contributed by atoms with van der Waals surface area (Å²) in [4.78, 5) is 46.3. The summed E-state index contributed by atoms with van der Waals surface area (Å²) in [5.41, 5.74) is 0.987. The van der Waals surface area contributed by atoms with Crippen molar-refractivity contribution in [1.82, 2.24) is 0 Å². The van der Waals surface area contributed by atoms with Crippen LogP contribution in [0.1, 0.15) is 39.0 Å². The van der Waals surface area contributed by atoms with Crippen molar-refractivity contribution < 1.29 is 23.5 Å². The normalized spacial score (nSPS) is 10.2. The molecule has 0 aliphatic rings. The van der Waals surface area contributed by atoms with Crippen molar-refractivity contribution in [2.24, 2.45) is 0 Å². The number of rotatable bonds is 5. The highest BCUT2D eigenvalue weighted by molar-refractivity contribution is 5.97. The molecule has 0 aliphatic carbocycles. The summed E-state index contributed by atoms with van der Waals surface area (Å²) >= 11 is 0. The minimum atomic E-state index is -0.749. The fraction of sp³-hybridized carbons (Fsp3) is 0.222. The fourth-order valence-corrected chi connectivity index (χ4v) is 2.25. The van der Waals surface area contributed by atoms with E-state index in [9.17, 15) is 19.2 Å². The Morgan fingerprint density at radius 3 is 2.32 bits per heavy atom. The third-order valence-corrected chi connectivity index (χ3v) is 3.45. The topological polar surface area (TPSA) is 103 Å². The van der Waals surface area contributed by atoms with Crippen LogP contribution in [0.4, 0.5) is 5.69 Å². The number of ketones is 1. The third-order valence-electron chi connectivity index (χ3n) is 3.45. The zero-order valence-corrected chi connectivity index (χ0v) is 14.0. The molecule has 2 rings (SSSR count). The van der Waals surface area contributed by atoms with Crippen LogP contribution in [0.15, 0.2) is 39.5 Å². The van der Waals surface area contributed by atoms with E-state index in [0.717, 1.165) is 0 Å². The Labute approximate surface area is 143 Å². The van der Waals surface area contributed by atoms with Gasteiger partial charge in [-0.25, -0.2) is 9.59 Å². The number of aryl methyl sites for hydroxylation is 2. The second-order valence-electron chi connectivity index (χ2n) is 5.44. The summed E-state index contributed by atoms with van der Waals surface area (Å²) in [6.07, 6.45) is 0. The molecule has 1 aromatic carbocycles. The van der Waals surface area contributed by atoms with E-state index in [1.165, 1.54) is 19.9 Å². The van der Waals surface area contributed by atoms with E-state index < -0.39 is 24.1 Å². The minimum absolute atomic E-state index is 0.0768. The highest BCUT2D eigenvalue weighted by Gasteiger charge is 2.18. The molecule has 0 bridgehead atoms. The lowest BCUT2D eigenvalue weighted by atomic mass is 10.1. The molecule has 2 aromatic rings. The Bertz CT molecular complexity index is 853. The Kier molecular flexibility index (Phi) is 5.49. The summed E-state index contributed by atoms with van der Waals surface area (Å²) in [5.74, 6) is -1.22. The van der Waals surface area contributed by atoms with Crippen LogP contribution < -0.4 is 10.9 Å². The lowest BCUT2D eigenvalue weighted by Gasteiger charge is -2.09. The highest BCUT2D eigenvalue weighted by atomic mass is 16.5. The van der Waals surface area contributed by atoms with Crippen LogP contribution in [-0.4, -0.2) is 24.3 Å². The van der Waals surface area contributed by atoms with Gasteiger partial charge < -0.3 is 14.5 Å². The van der Waals surface area contributed by atoms with Crippen molar-refractivity contribution in [3.8, 4) is 0 Å². The molecule has 0 saturated heterocycles. The number of carbonyl (C=O) groups excluding carboxylic acids is 3. The molecular formula is C18H17NO6. The Morgan fingerprint density at radius 2 is 1.76 bits per heavy atom. The molecule has 0 spiro atoms. The molecule has 1 N–H and O–H groups in total. The van der Waals surface area contributed by atoms with Gasteiger partial charge in [0.15, 0.2) is 12.4 Å². The Hall–Kier alpha value is -3.22. The smallest absolute Gasteiger partial charge is 0.342 e. The molecule has 25 heavy (non-hydrogen) atoms. The molecule has 0 saturated carbocycles. The Morgan fingerprint density at radius 1 is 1.12 bits per heavy atom. The molecule has 1 amide bonds. The van der Waals surface area contributed by atoms with Gasteiger partial charge in [-0.15, -0.1) is 0 Å². The summed E-state index contributed by atoms with van der Waals surface area (Å²) in [7, 11) is 0. The van der Waals surface area contributed by atoms with E-state index in [-0.39, 0.29) is 17.1 Å². The quantitative estimate of drug-likeness (QED) is 0.660. The third kappa shape index (κ3) is 4.63. The number of benzene rings is 1. The number of Topliss-reactive ketones (excluding diaryl/α,β-unsaturated/α-hetero) is 1. The summed E-state index contributed by atoms with van der Waals surface area (Å²) < 4.78 is 9.82. The van der Waals surface area contributed by atoms with Gasteiger partial charge in [-0.05, 0) is 50.6 Å². The van der Waals surface area contributed by atoms with Crippen molar-refractivity contribution in [1.29, 1.82) is 0 Å². The number of esters is 1. The summed E-state index contributed by atoms with van der Waals surface area (Å²) in [6, 6.07) is 7.51. The van der Waals surface area contributed by atoms with Crippen molar-refractivity contribution in [3.63, 3.8) is 0 Å². The molecule has 0 aliphatic heterocycles. The molecule has 130 valence electrons. The maximum Gasteiger partial charge on any atom is 0.342 e. The molecule has 0 atom stereocenters. The first kappa shape index (κ1) is 18.1. The Balaban J connectivity index is 1.97. The molecule has 1 heterocycles. The average Bonchev–Trinajstić information content (AvgIpc) is 2.52. The maximum atomic E-state index is 12.1.